The molecule has 5 nitrogen and oxygen atoms in total. The Bertz CT molecular complexity index is 651. The molecule has 1 aromatic rings. The lowest BCUT2D eigenvalue weighted by Crippen LogP contribution is -2.32. The Morgan fingerprint density at radius 3 is 2.27 bits per heavy atom. The molecule has 0 atom stereocenters. The number of nitrogens with zero attached hydrogens (tertiary/aromatic N) is 2. The third kappa shape index (κ3) is 3.47. The van der Waals surface area contributed by atoms with Gasteiger partial charge in [0.15, 0.2) is 0 Å². The van der Waals surface area contributed by atoms with Crippen molar-refractivity contribution in [3.63, 3.8) is 0 Å². The van der Waals surface area contributed by atoms with Gasteiger partial charge in [-0.1, -0.05) is 12.8 Å². The van der Waals surface area contributed by atoms with Crippen molar-refractivity contribution in [2.45, 2.75) is 30.6 Å². The summed E-state index contributed by atoms with van der Waals surface area (Å²) in [4.78, 5) is 14.0. The molecule has 0 unspecified atom stereocenters. The van der Waals surface area contributed by atoms with E-state index in [1.54, 1.807) is 4.90 Å². The molecule has 0 saturated carbocycles. The molecule has 1 fully saturated rings. The number of carbonyl (C=O) groups excluding carboxylic acids is 1. The van der Waals surface area contributed by atoms with Crippen molar-refractivity contribution < 1.29 is 17.6 Å². The normalized spacial score (nSPS) is 16.6. The van der Waals surface area contributed by atoms with Crippen LogP contribution in [0.1, 0.15) is 36.0 Å². The zero-order chi connectivity index (χ0) is 16.3. The van der Waals surface area contributed by atoms with Crippen molar-refractivity contribution in [2.75, 3.05) is 27.2 Å². The van der Waals surface area contributed by atoms with Gasteiger partial charge >= 0.3 is 0 Å². The van der Waals surface area contributed by atoms with Gasteiger partial charge in [0.05, 0.1) is 10.5 Å². The average Bonchev–Trinajstić information content (AvgIpc) is 2.75. The summed E-state index contributed by atoms with van der Waals surface area (Å²) in [6, 6.07) is 3.36. The average molecular weight is 328 g/mol. The number of sulfonamides is 1. The molecule has 0 N–H and O–H groups in total. The third-order valence-electron chi connectivity index (χ3n) is 3.84. The van der Waals surface area contributed by atoms with Gasteiger partial charge in [-0.25, -0.2) is 17.1 Å². The molecule has 1 amide bonds. The van der Waals surface area contributed by atoms with Crippen LogP contribution in [-0.4, -0.2) is 50.7 Å². The number of carbonyl (C=O) groups is 1. The zero-order valence-corrected chi connectivity index (χ0v) is 13.7. The van der Waals surface area contributed by atoms with Crippen molar-refractivity contribution in [1.29, 1.82) is 0 Å². The number of likely N-dealkylation sites (tertiary alicyclic amines) is 1. The SMILES string of the molecule is CN(C)S(=O)(=O)c1ccc(F)c(C(=O)N2CCCCCC2)c1. The Kier molecular flexibility index (Phi) is 5.18. The van der Waals surface area contributed by atoms with Crippen molar-refractivity contribution >= 4 is 15.9 Å². The number of rotatable bonds is 3. The fourth-order valence-corrected chi connectivity index (χ4v) is 3.41. The molecular formula is C15H21FN2O3S. The molecule has 1 aliphatic rings. The number of hydrogen-bond acceptors (Lipinski definition) is 3. The highest BCUT2D eigenvalue weighted by atomic mass is 32.2. The van der Waals surface area contributed by atoms with E-state index >= 15 is 0 Å². The Morgan fingerprint density at radius 2 is 1.73 bits per heavy atom. The lowest BCUT2D eigenvalue weighted by molar-refractivity contribution is 0.0756. The van der Waals surface area contributed by atoms with Gasteiger partial charge in [-0.15, -0.1) is 0 Å². The van der Waals surface area contributed by atoms with Crippen LogP contribution in [0, 0.1) is 5.82 Å². The van der Waals surface area contributed by atoms with Gasteiger partial charge in [0.1, 0.15) is 5.82 Å². The van der Waals surface area contributed by atoms with Crippen LogP contribution >= 0.6 is 0 Å². The van der Waals surface area contributed by atoms with Gasteiger partial charge in [0.2, 0.25) is 10.0 Å². The molecule has 122 valence electrons. The highest BCUT2D eigenvalue weighted by molar-refractivity contribution is 7.89. The smallest absolute Gasteiger partial charge is 0.256 e. The lowest BCUT2D eigenvalue weighted by atomic mass is 10.2. The molecule has 0 aliphatic carbocycles. The van der Waals surface area contributed by atoms with Crippen LogP contribution in [0.3, 0.4) is 0 Å². The number of benzene rings is 1. The molecule has 0 bridgehead atoms. The number of halogens is 1. The second-order valence-electron chi connectivity index (χ2n) is 5.64. The van der Waals surface area contributed by atoms with Crippen molar-refractivity contribution in [2.24, 2.45) is 0 Å². The summed E-state index contributed by atoms with van der Waals surface area (Å²) < 4.78 is 39.3. The molecule has 0 aromatic heterocycles. The molecular weight excluding hydrogens is 307 g/mol. The number of amides is 1. The van der Waals surface area contributed by atoms with Gasteiger partial charge in [0, 0.05) is 27.2 Å². The summed E-state index contributed by atoms with van der Waals surface area (Å²) in [5.41, 5.74) is -0.176. The van der Waals surface area contributed by atoms with Crippen LogP contribution in [0.15, 0.2) is 23.1 Å². The summed E-state index contributed by atoms with van der Waals surface area (Å²) in [6.45, 7) is 1.17. The molecule has 1 heterocycles. The van der Waals surface area contributed by atoms with Crippen molar-refractivity contribution in [3.05, 3.63) is 29.6 Å². The first kappa shape index (κ1) is 16.9. The first-order valence-electron chi connectivity index (χ1n) is 7.35. The van der Waals surface area contributed by atoms with Gasteiger partial charge in [0.25, 0.3) is 5.91 Å². The van der Waals surface area contributed by atoms with E-state index in [0.717, 1.165) is 42.1 Å². The third-order valence-corrected chi connectivity index (χ3v) is 5.65. The first-order valence-corrected chi connectivity index (χ1v) is 8.79. The van der Waals surface area contributed by atoms with E-state index in [2.05, 4.69) is 0 Å². The molecule has 22 heavy (non-hydrogen) atoms. The van der Waals surface area contributed by atoms with Gasteiger partial charge in [-0.3, -0.25) is 4.79 Å². The minimum Gasteiger partial charge on any atom is -0.339 e. The first-order chi connectivity index (χ1) is 10.3. The monoisotopic (exact) mass is 328 g/mol. The Labute approximate surface area is 130 Å². The van der Waals surface area contributed by atoms with Crippen LogP contribution in [-0.2, 0) is 10.0 Å². The van der Waals surface area contributed by atoms with Gasteiger partial charge < -0.3 is 4.90 Å². The maximum absolute atomic E-state index is 14.0. The summed E-state index contributed by atoms with van der Waals surface area (Å²) in [5.74, 6) is -1.12. The largest absolute Gasteiger partial charge is 0.339 e. The van der Waals surface area contributed by atoms with E-state index in [1.165, 1.54) is 20.2 Å². The van der Waals surface area contributed by atoms with Gasteiger partial charge in [-0.05, 0) is 31.0 Å². The van der Waals surface area contributed by atoms with E-state index in [9.17, 15) is 17.6 Å². The van der Waals surface area contributed by atoms with Gasteiger partial charge in [-0.2, -0.15) is 0 Å². The molecule has 7 heteroatoms. The van der Waals surface area contributed by atoms with E-state index < -0.39 is 21.7 Å². The van der Waals surface area contributed by atoms with Crippen LogP contribution in [0.25, 0.3) is 0 Å². The summed E-state index contributed by atoms with van der Waals surface area (Å²) in [6.07, 6.45) is 3.90. The van der Waals surface area contributed by atoms with Crippen LogP contribution in [0.2, 0.25) is 0 Å². The van der Waals surface area contributed by atoms with E-state index in [4.69, 9.17) is 0 Å². The summed E-state index contributed by atoms with van der Waals surface area (Å²) >= 11 is 0. The maximum atomic E-state index is 14.0. The van der Waals surface area contributed by atoms with Crippen LogP contribution < -0.4 is 0 Å². The highest BCUT2D eigenvalue weighted by Gasteiger charge is 2.24. The standard InChI is InChI=1S/C15H21FN2O3S/c1-17(2)22(20,21)12-7-8-14(16)13(11-12)15(19)18-9-5-3-4-6-10-18/h7-8,11H,3-6,9-10H2,1-2H3. The molecule has 2 rings (SSSR count). The van der Waals surface area contributed by atoms with E-state index in [0.29, 0.717) is 13.1 Å². The van der Waals surface area contributed by atoms with Crippen LogP contribution in [0.4, 0.5) is 4.39 Å². The molecule has 0 spiro atoms. The van der Waals surface area contributed by atoms with E-state index in [-0.39, 0.29) is 10.5 Å². The fourth-order valence-electron chi connectivity index (χ4n) is 2.48. The van der Waals surface area contributed by atoms with E-state index in [1.807, 2.05) is 0 Å². The predicted octanol–water partition coefficient (Wildman–Crippen LogP) is 2.09. The quantitative estimate of drug-likeness (QED) is 0.854. The second-order valence-corrected chi connectivity index (χ2v) is 7.79. The Morgan fingerprint density at radius 1 is 1.14 bits per heavy atom. The molecule has 1 aromatic carbocycles. The molecule has 1 saturated heterocycles. The summed E-state index contributed by atoms with van der Waals surface area (Å²) in [7, 11) is -0.896. The Hall–Kier alpha value is -1.47. The molecule has 1 aliphatic heterocycles. The topological polar surface area (TPSA) is 57.7 Å². The fraction of sp³-hybridized carbons (Fsp3) is 0.533. The summed E-state index contributed by atoms with van der Waals surface area (Å²) in [5, 5.41) is 0. The number of hydrogen-bond donors (Lipinski definition) is 0. The lowest BCUT2D eigenvalue weighted by Gasteiger charge is -2.21. The highest BCUT2D eigenvalue weighted by Crippen LogP contribution is 2.20. The van der Waals surface area contributed by atoms with Crippen molar-refractivity contribution in [1.82, 2.24) is 9.21 Å². The minimum absolute atomic E-state index is 0.0722. The predicted molar refractivity (Wildman–Crippen MR) is 81.6 cm³/mol. The second kappa shape index (κ2) is 6.75. The minimum atomic E-state index is -3.69. The Balaban J connectivity index is 2.36. The van der Waals surface area contributed by atoms with Crippen molar-refractivity contribution in [3.8, 4) is 0 Å². The van der Waals surface area contributed by atoms with Crippen LogP contribution in [0.5, 0.6) is 0 Å². The molecule has 0 radical (unpaired) electrons. The zero-order valence-electron chi connectivity index (χ0n) is 12.9. The maximum Gasteiger partial charge on any atom is 0.256 e.